The van der Waals surface area contributed by atoms with E-state index in [0.717, 1.165) is 38.5 Å². The minimum atomic E-state index is -0.328. The number of hydrogen-bond donors (Lipinski definition) is 1. The predicted molar refractivity (Wildman–Crippen MR) is 98.7 cm³/mol. The Bertz CT molecular complexity index is 690. The molecule has 2 heterocycles. The van der Waals surface area contributed by atoms with E-state index in [4.69, 9.17) is 0 Å². The van der Waals surface area contributed by atoms with E-state index in [1.54, 1.807) is 4.90 Å². The van der Waals surface area contributed by atoms with Gasteiger partial charge in [-0.05, 0) is 55.6 Å². The molecule has 2 saturated heterocycles. The molecule has 1 unspecified atom stereocenters. The van der Waals surface area contributed by atoms with E-state index in [1.165, 1.54) is 11.1 Å². The normalized spacial score (nSPS) is 27.8. The molecule has 1 N–H and O–H groups in total. The average molecular weight is 356 g/mol. The molecule has 2 amide bonds. The van der Waals surface area contributed by atoms with Gasteiger partial charge < -0.3 is 14.9 Å². The van der Waals surface area contributed by atoms with Crippen LogP contribution in [0.15, 0.2) is 24.3 Å². The van der Waals surface area contributed by atoms with Crippen LogP contribution in [0.5, 0.6) is 0 Å². The van der Waals surface area contributed by atoms with Crippen molar-refractivity contribution < 1.29 is 14.7 Å². The number of amides is 2. The first-order valence-electron chi connectivity index (χ1n) is 9.97. The summed E-state index contributed by atoms with van der Waals surface area (Å²) in [5.74, 6) is 0.438. The molecule has 4 rings (SSSR count). The number of carbonyl (C=O) groups excluding carboxylic acids is 2. The zero-order valence-corrected chi connectivity index (χ0v) is 15.3. The molecule has 5 nitrogen and oxygen atoms in total. The Hall–Kier alpha value is -1.88. The summed E-state index contributed by atoms with van der Waals surface area (Å²) in [7, 11) is 0. The Labute approximate surface area is 155 Å². The van der Waals surface area contributed by atoms with Crippen LogP contribution in [-0.2, 0) is 16.0 Å². The molecule has 5 heteroatoms. The molecule has 140 valence electrons. The van der Waals surface area contributed by atoms with Crippen LogP contribution >= 0.6 is 0 Å². The van der Waals surface area contributed by atoms with Gasteiger partial charge in [0.1, 0.15) is 6.04 Å². The van der Waals surface area contributed by atoms with E-state index in [2.05, 4.69) is 18.2 Å². The number of carbonyl (C=O) groups is 2. The molecule has 0 saturated carbocycles. The van der Waals surface area contributed by atoms with Gasteiger partial charge in [0, 0.05) is 19.5 Å². The highest BCUT2D eigenvalue weighted by Gasteiger charge is 2.40. The number of hydrogen-bond acceptors (Lipinski definition) is 3. The number of aliphatic hydroxyl groups is 1. The van der Waals surface area contributed by atoms with Gasteiger partial charge in [0.15, 0.2) is 0 Å². The molecule has 0 spiro atoms. The highest BCUT2D eigenvalue weighted by Crippen LogP contribution is 2.36. The van der Waals surface area contributed by atoms with Gasteiger partial charge in [-0.2, -0.15) is 0 Å². The second kappa shape index (κ2) is 7.39. The molecule has 3 aliphatic rings. The number of benzene rings is 1. The quantitative estimate of drug-likeness (QED) is 0.899. The predicted octanol–water partition coefficient (Wildman–Crippen LogP) is 2.08. The summed E-state index contributed by atoms with van der Waals surface area (Å²) in [6, 6.07) is 8.01. The van der Waals surface area contributed by atoms with Crippen LogP contribution in [0, 0.1) is 0 Å². The lowest BCUT2D eigenvalue weighted by atomic mass is 9.97. The van der Waals surface area contributed by atoms with Crippen molar-refractivity contribution in [3.8, 4) is 0 Å². The van der Waals surface area contributed by atoms with E-state index in [9.17, 15) is 14.7 Å². The molecule has 1 aliphatic carbocycles. The van der Waals surface area contributed by atoms with Crippen LogP contribution in [0.3, 0.4) is 0 Å². The van der Waals surface area contributed by atoms with Crippen LogP contribution < -0.4 is 0 Å². The van der Waals surface area contributed by atoms with Crippen LogP contribution in [-0.4, -0.2) is 58.5 Å². The fourth-order valence-corrected chi connectivity index (χ4v) is 5.01. The Balaban J connectivity index is 1.43. The fourth-order valence-electron chi connectivity index (χ4n) is 5.01. The second-order valence-corrected chi connectivity index (χ2v) is 7.89. The van der Waals surface area contributed by atoms with Crippen LogP contribution in [0.4, 0.5) is 0 Å². The molecule has 1 aromatic rings. The molecular formula is C21H28N2O3. The van der Waals surface area contributed by atoms with Crippen molar-refractivity contribution in [3.63, 3.8) is 0 Å². The van der Waals surface area contributed by atoms with Crippen LogP contribution in [0.1, 0.15) is 55.6 Å². The van der Waals surface area contributed by atoms with Gasteiger partial charge in [-0.15, -0.1) is 0 Å². The van der Waals surface area contributed by atoms with Gasteiger partial charge in [0.25, 0.3) is 0 Å². The monoisotopic (exact) mass is 356 g/mol. The number of likely N-dealkylation sites (tertiary alicyclic amines) is 2. The first-order chi connectivity index (χ1) is 12.7. The fraction of sp³-hybridized carbons (Fsp3) is 0.619. The molecule has 0 radical (unpaired) electrons. The van der Waals surface area contributed by atoms with E-state index in [0.29, 0.717) is 19.5 Å². The highest BCUT2D eigenvalue weighted by molar-refractivity contribution is 5.89. The zero-order chi connectivity index (χ0) is 18.1. The van der Waals surface area contributed by atoms with E-state index in [-0.39, 0.29) is 36.4 Å². The zero-order valence-electron chi connectivity index (χ0n) is 15.3. The van der Waals surface area contributed by atoms with E-state index < -0.39 is 0 Å². The van der Waals surface area contributed by atoms with Gasteiger partial charge in [0.05, 0.1) is 12.6 Å². The maximum atomic E-state index is 13.0. The molecule has 2 aliphatic heterocycles. The Morgan fingerprint density at radius 2 is 1.81 bits per heavy atom. The van der Waals surface area contributed by atoms with Gasteiger partial charge in [-0.3, -0.25) is 9.59 Å². The number of aliphatic hydroxyl groups excluding tert-OH is 1. The molecule has 0 bridgehead atoms. The average Bonchev–Trinajstić information content (AvgIpc) is 3.40. The molecule has 0 aromatic heterocycles. The summed E-state index contributed by atoms with van der Waals surface area (Å²) in [4.78, 5) is 29.6. The van der Waals surface area contributed by atoms with Crippen molar-refractivity contribution in [2.45, 2.75) is 62.9 Å². The van der Waals surface area contributed by atoms with Crippen molar-refractivity contribution in [1.82, 2.24) is 9.80 Å². The van der Waals surface area contributed by atoms with E-state index in [1.807, 2.05) is 11.0 Å². The molecule has 26 heavy (non-hydrogen) atoms. The number of fused-ring (bicyclic) bond motifs is 1. The largest absolute Gasteiger partial charge is 0.394 e. The minimum Gasteiger partial charge on any atom is -0.394 e. The number of nitrogens with zero attached hydrogens (tertiary/aromatic N) is 2. The Morgan fingerprint density at radius 3 is 2.65 bits per heavy atom. The number of rotatable bonds is 4. The third-order valence-corrected chi connectivity index (χ3v) is 6.41. The maximum absolute atomic E-state index is 13.0. The highest BCUT2D eigenvalue weighted by atomic mass is 16.3. The van der Waals surface area contributed by atoms with Crippen molar-refractivity contribution in [1.29, 1.82) is 0 Å². The lowest BCUT2D eigenvalue weighted by Gasteiger charge is -2.31. The molecule has 3 atom stereocenters. The second-order valence-electron chi connectivity index (χ2n) is 7.89. The molecule has 2 fully saturated rings. The van der Waals surface area contributed by atoms with Crippen molar-refractivity contribution in [3.05, 3.63) is 35.4 Å². The maximum Gasteiger partial charge on any atom is 0.245 e. The van der Waals surface area contributed by atoms with Crippen molar-refractivity contribution >= 4 is 11.8 Å². The first-order valence-corrected chi connectivity index (χ1v) is 9.97. The lowest BCUT2D eigenvalue weighted by molar-refractivity contribution is -0.145. The smallest absolute Gasteiger partial charge is 0.245 e. The third-order valence-electron chi connectivity index (χ3n) is 6.41. The van der Waals surface area contributed by atoms with Crippen molar-refractivity contribution in [2.24, 2.45) is 0 Å². The Morgan fingerprint density at radius 1 is 1.04 bits per heavy atom. The summed E-state index contributed by atoms with van der Waals surface area (Å²) in [5.41, 5.74) is 2.67. The third kappa shape index (κ3) is 3.13. The van der Waals surface area contributed by atoms with Crippen molar-refractivity contribution in [2.75, 3.05) is 19.7 Å². The van der Waals surface area contributed by atoms with Gasteiger partial charge in [-0.1, -0.05) is 24.3 Å². The van der Waals surface area contributed by atoms with Crippen LogP contribution in [0.2, 0.25) is 0 Å². The van der Waals surface area contributed by atoms with Gasteiger partial charge in [-0.25, -0.2) is 0 Å². The SMILES string of the molecule is O=C([C@@H]1CCCN1C(=O)CC1CCc2ccccc21)N1CCC[C@H]1CO. The summed E-state index contributed by atoms with van der Waals surface area (Å²) >= 11 is 0. The summed E-state index contributed by atoms with van der Waals surface area (Å²) in [6.07, 6.45) is 6.02. The van der Waals surface area contributed by atoms with Gasteiger partial charge in [0.2, 0.25) is 11.8 Å². The lowest BCUT2D eigenvalue weighted by Crippen LogP contribution is -2.50. The summed E-state index contributed by atoms with van der Waals surface area (Å²) in [6.45, 7) is 1.41. The Kier molecular flexibility index (Phi) is 4.98. The summed E-state index contributed by atoms with van der Waals surface area (Å²) in [5, 5.41) is 9.51. The van der Waals surface area contributed by atoms with Crippen LogP contribution in [0.25, 0.3) is 0 Å². The minimum absolute atomic E-state index is 0.0191. The standard InChI is InChI=1S/C21H28N2O3/c24-14-17-6-3-11-22(17)21(26)19-8-4-12-23(19)20(25)13-16-10-9-15-5-1-2-7-18(15)16/h1-2,5,7,16-17,19,24H,3-4,6,8-14H2/t16?,17-,19-/m0/s1. The molecular weight excluding hydrogens is 328 g/mol. The first kappa shape index (κ1) is 17.5. The van der Waals surface area contributed by atoms with Gasteiger partial charge >= 0.3 is 0 Å². The topological polar surface area (TPSA) is 60.9 Å². The molecule has 1 aromatic carbocycles. The number of aryl methyl sites for hydroxylation is 1. The summed E-state index contributed by atoms with van der Waals surface area (Å²) < 4.78 is 0. The van der Waals surface area contributed by atoms with E-state index >= 15 is 0 Å².